The summed E-state index contributed by atoms with van der Waals surface area (Å²) in [6.07, 6.45) is 5.53. The highest BCUT2D eigenvalue weighted by Gasteiger charge is 2.11. The van der Waals surface area contributed by atoms with E-state index in [0.29, 0.717) is 11.1 Å². The predicted octanol–water partition coefficient (Wildman–Crippen LogP) is -0.720. The average molecular weight is 201 g/mol. The second-order valence-electron chi connectivity index (χ2n) is 3.26. The number of carbonyl (C=O) groups is 1. The van der Waals surface area contributed by atoms with Crippen LogP contribution in [0, 0.1) is 0 Å². The zero-order valence-corrected chi connectivity index (χ0v) is 7.73. The molecule has 0 saturated carbocycles. The first-order valence-corrected chi connectivity index (χ1v) is 4.54. The monoisotopic (exact) mass is 201 g/mol. The zero-order chi connectivity index (χ0) is 10.3. The van der Waals surface area contributed by atoms with E-state index in [0.717, 1.165) is 11.1 Å². The number of pyridine rings is 1. The van der Waals surface area contributed by atoms with Crippen LogP contribution in [0.2, 0.25) is 0 Å². The number of nitrogens with one attached hydrogen (secondary N) is 1. The van der Waals surface area contributed by atoms with Crippen molar-refractivity contribution in [2.45, 2.75) is 6.42 Å². The molecule has 0 aliphatic carbocycles. The van der Waals surface area contributed by atoms with E-state index >= 15 is 0 Å². The van der Waals surface area contributed by atoms with Crippen LogP contribution >= 0.6 is 0 Å². The van der Waals surface area contributed by atoms with E-state index in [1.807, 2.05) is 6.08 Å². The van der Waals surface area contributed by atoms with Gasteiger partial charge in [-0.05, 0) is 12.2 Å². The van der Waals surface area contributed by atoms with E-state index in [1.54, 1.807) is 18.3 Å². The van der Waals surface area contributed by atoms with E-state index in [2.05, 4.69) is 15.5 Å². The Labute approximate surface area is 84.8 Å². The minimum absolute atomic E-state index is 0.180. The second kappa shape index (κ2) is 2.91. The molecule has 0 bridgehead atoms. The fraction of sp³-hybridized carbons (Fsp3) is 0.100. The molecule has 2 aliphatic rings. The molecule has 0 radical (unpaired) electrons. The smallest absolute Gasteiger partial charge is 0.256 e. The first-order valence-electron chi connectivity index (χ1n) is 4.54. The number of hydrogen-bond donors (Lipinski definition) is 1. The van der Waals surface area contributed by atoms with Crippen molar-refractivity contribution in [2.24, 2.45) is 4.99 Å². The molecule has 3 heterocycles. The molecule has 74 valence electrons. The summed E-state index contributed by atoms with van der Waals surface area (Å²) in [6.45, 7) is 0. The number of hydrogen-bond acceptors (Lipinski definition) is 4. The van der Waals surface area contributed by atoms with Crippen LogP contribution in [0.3, 0.4) is 0 Å². The van der Waals surface area contributed by atoms with Gasteiger partial charge < -0.3 is 4.84 Å². The molecule has 0 aromatic carbocycles. The Bertz CT molecular complexity index is 589. The van der Waals surface area contributed by atoms with Gasteiger partial charge in [-0.1, -0.05) is 0 Å². The lowest BCUT2D eigenvalue weighted by Crippen LogP contribution is -2.27. The number of fused-ring (bicyclic) bond motifs is 2. The molecule has 5 nitrogen and oxygen atoms in total. The van der Waals surface area contributed by atoms with E-state index in [9.17, 15) is 4.79 Å². The molecular formula is C10H7N3O2. The van der Waals surface area contributed by atoms with Crippen LogP contribution in [0.4, 0.5) is 0 Å². The van der Waals surface area contributed by atoms with Gasteiger partial charge in [-0.2, -0.15) is 5.48 Å². The largest absolute Gasteiger partial charge is 0.377 e. The third kappa shape index (κ3) is 1.28. The van der Waals surface area contributed by atoms with Crippen LogP contribution in [0.25, 0.3) is 12.2 Å². The van der Waals surface area contributed by atoms with Crippen molar-refractivity contribution in [1.82, 2.24) is 10.5 Å². The average Bonchev–Trinajstić information content (AvgIpc) is 2.61. The standard InChI is InChI=1S/C10H7N3O2/c14-10-2-1-7-9(15-13-10)5-8-6(12-7)3-4-11-8/h1,3-5H,2H2,(H,13,14). The van der Waals surface area contributed by atoms with Gasteiger partial charge in [0.15, 0.2) is 5.75 Å². The number of carbonyl (C=O) groups excluding carboxylic acids is 1. The van der Waals surface area contributed by atoms with Crippen LogP contribution in [0.1, 0.15) is 12.1 Å². The molecule has 0 atom stereocenters. The molecule has 0 fully saturated rings. The van der Waals surface area contributed by atoms with Crippen molar-refractivity contribution in [1.29, 1.82) is 0 Å². The lowest BCUT2D eigenvalue weighted by atomic mass is 10.3. The van der Waals surface area contributed by atoms with Gasteiger partial charge in [0.1, 0.15) is 5.35 Å². The number of amides is 1. The summed E-state index contributed by atoms with van der Waals surface area (Å²) in [4.78, 5) is 24.6. The number of hydroxylamine groups is 1. The van der Waals surface area contributed by atoms with Gasteiger partial charge in [-0.15, -0.1) is 0 Å². The van der Waals surface area contributed by atoms with E-state index in [4.69, 9.17) is 4.84 Å². The van der Waals surface area contributed by atoms with Crippen molar-refractivity contribution in [2.75, 3.05) is 0 Å². The third-order valence-electron chi connectivity index (χ3n) is 2.23. The zero-order valence-electron chi connectivity index (χ0n) is 7.73. The predicted molar refractivity (Wildman–Crippen MR) is 51.9 cm³/mol. The van der Waals surface area contributed by atoms with E-state index in [1.165, 1.54) is 0 Å². The Kier molecular flexibility index (Phi) is 1.58. The summed E-state index contributed by atoms with van der Waals surface area (Å²) >= 11 is 0. The summed E-state index contributed by atoms with van der Waals surface area (Å²) in [7, 11) is 0. The number of aromatic nitrogens is 1. The molecule has 15 heavy (non-hydrogen) atoms. The molecule has 0 saturated heterocycles. The van der Waals surface area contributed by atoms with Gasteiger partial charge in [0.2, 0.25) is 0 Å². The first-order chi connectivity index (χ1) is 7.33. The maximum atomic E-state index is 11.1. The molecule has 1 N–H and O–H groups in total. The summed E-state index contributed by atoms with van der Waals surface area (Å²) in [5.74, 6) is 0.354. The topological polar surface area (TPSA) is 63.6 Å². The van der Waals surface area contributed by atoms with Gasteiger partial charge in [-0.3, -0.25) is 9.79 Å². The molecule has 5 heteroatoms. The SMILES string of the molecule is O=C1CC=c2nc3c(cc2ON1)=NC=C3. The summed E-state index contributed by atoms with van der Waals surface area (Å²) < 4.78 is 0. The summed E-state index contributed by atoms with van der Waals surface area (Å²) in [6, 6.07) is 1.76. The van der Waals surface area contributed by atoms with Gasteiger partial charge in [0, 0.05) is 12.3 Å². The minimum atomic E-state index is -0.180. The first kappa shape index (κ1) is 8.16. The molecule has 3 rings (SSSR count). The molecular weight excluding hydrogens is 194 g/mol. The normalized spacial score (nSPS) is 16.4. The fourth-order valence-electron chi connectivity index (χ4n) is 1.50. The van der Waals surface area contributed by atoms with Crippen LogP contribution in [0.5, 0.6) is 5.75 Å². The molecule has 0 unspecified atom stereocenters. The Morgan fingerprint density at radius 1 is 1.47 bits per heavy atom. The lowest BCUT2D eigenvalue weighted by molar-refractivity contribution is -0.126. The highest BCUT2D eigenvalue weighted by Crippen LogP contribution is 2.04. The third-order valence-corrected chi connectivity index (χ3v) is 2.23. The van der Waals surface area contributed by atoms with Gasteiger partial charge in [-0.25, -0.2) is 4.98 Å². The van der Waals surface area contributed by atoms with Gasteiger partial charge in [0.05, 0.1) is 17.5 Å². The highest BCUT2D eigenvalue weighted by atomic mass is 16.7. The van der Waals surface area contributed by atoms with Crippen molar-refractivity contribution in [3.8, 4) is 5.75 Å². The Hall–Kier alpha value is -2.17. The van der Waals surface area contributed by atoms with Crippen molar-refractivity contribution in [3.63, 3.8) is 0 Å². The van der Waals surface area contributed by atoms with Gasteiger partial charge in [0.25, 0.3) is 5.91 Å². The highest BCUT2D eigenvalue weighted by molar-refractivity contribution is 5.80. The molecule has 1 amide bonds. The van der Waals surface area contributed by atoms with E-state index < -0.39 is 0 Å². The van der Waals surface area contributed by atoms with Crippen LogP contribution < -0.4 is 21.0 Å². The van der Waals surface area contributed by atoms with Crippen molar-refractivity contribution < 1.29 is 9.63 Å². The van der Waals surface area contributed by atoms with Gasteiger partial charge >= 0.3 is 0 Å². The number of nitrogens with zero attached hydrogens (tertiary/aromatic N) is 2. The maximum Gasteiger partial charge on any atom is 0.256 e. The Morgan fingerprint density at radius 2 is 2.40 bits per heavy atom. The molecule has 2 aliphatic heterocycles. The van der Waals surface area contributed by atoms with Crippen LogP contribution in [-0.2, 0) is 4.79 Å². The molecule has 1 aromatic rings. The fourth-order valence-corrected chi connectivity index (χ4v) is 1.50. The van der Waals surface area contributed by atoms with Crippen LogP contribution in [0.15, 0.2) is 17.3 Å². The minimum Gasteiger partial charge on any atom is -0.377 e. The Balaban J connectivity index is 2.24. The van der Waals surface area contributed by atoms with Crippen LogP contribution in [-0.4, -0.2) is 10.9 Å². The quantitative estimate of drug-likeness (QED) is 0.602. The summed E-state index contributed by atoms with van der Waals surface area (Å²) in [5, 5.41) is 1.44. The lowest BCUT2D eigenvalue weighted by Gasteiger charge is -2.02. The Morgan fingerprint density at radius 3 is 3.33 bits per heavy atom. The molecule has 0 spiro atoms. The van der Waals surface area contributed by atoms with Crippen molar-refractivity contribution >= 4 is 18.1 Å². The summed E-state index contributed by atoms with van der Waals surface area (Å²) in [5.41, 5.74) is 3.13. The molecule has 1 aromatic heterocycles. The maximum absolute atomic E-state index is 11.1. The number of rotatable bonds is 0. The second-order valence-corrected chi connectivity index (χ2v) is 3.26. The van der Waals surface area contributed by atoms with Crippen molar-refractivity contribution in [3.05, 3.63) is 28.7 Å². The van der Waals surface area contributed by atoms with E-state index in [-0.39, 0.29) is 12.3 Å².